The first-order valence-corrected chi connectivity index (χ1v) is 8.33. The summed E-state index contributed by atoms with van der Waals surface area (Å²) in [6.07, 6.45) is 5.05. The monoisotopic (exact) mass is 282 g/mol. The predicted octanol–water partition coefficient (Wildman–Crippen LogP) is 4.71. The van der Waals surface area contributed by atoms with Crippen LogP contribution in [0.3, 0.4) is 0 Å². The van der Waals surface area contributed by atoms with E-state index in [2.05, 4.69) is 20.8 Å². The van der Waals surface area contributed by atoms with Crippen molar-refractivity contribution in [3.63, 3.8) is 0 Å². The minimum absolute atomic E-state index is 0.0110. The fourth-order valence-corrected chi connectivity index (χ4v) is 2.87. The molecule has 0 aliphatic carbocycles. The molecule has 4 heteroatoms. The molecule has 0 fully saturated rings. The van der Waals surface area contributed by atoms with Gasteiger partial charge < -0.3 is 4.74 Å². The molecule has 0 aromatic carbocycles. The van der Waals surface area contributed by atoms with E-state index in [4.69, 9.17) is 27.9 Å². The Morgan fingerprint density at radius 2 is 1.69 bits per heavy atom. The van der Waals surface area contributed by atoms with Crippen LogP contribution >= 0.6 is 23.2 Å². The molecule has 0 N–H and O–H groups in total. The normalized spacial score (nSPS) is 12.4. The quantitative estimate of drug-likeness (QED) is 0.338. The maximum absolute atomic E-state index is 5.66. The second-order valence-electron chi connectivity index (χ2n) is 4.97. The van der Waals surface area contributed by atoms with Crippen LogP contribution in [0.15, 0.2) is 0 Å². The molecule has 1 nitrogen and oxygen atoms in total. The van der Waals surface area contributed by atoms with Gasteiger partial charge in [0.1, 0.15) is 4.84 Å². The van der Waals surface area contributed by atoms with Crippen molar-refractivity contribution in [2.45, 2.75) is 69.0 Å². The summed E-state index contributed by atoms with van der Waals surface area (Å²) in [5.74, 6) is 0. The van der Waals surface area contributed by atoms with Gasteiger partial charge in [0.25, 0.3) is 0 Å². The van der Waals surface area contributed by atoms with E-state index in [-0.39, 0.29) is 10.4 Å². The van der Waals surface area contributed by atoms with Gasteiger partial charge in [-0.3, -0.25) is 0 Å². The van der Waals surface area contributed by atoms with E-state index in [1.807, 2.05) is 0 Å². The molecule has 0 heterocycles. The van der Waals surface area contributed by atoms with Gasteiger partial charge in [-0.15, -0.1) is 23.2 Å². The van der Waals surface area contributed by atoms with Crippen LogP contribution in [0.25, 0.3) is 0 Å². The summed E-state index contributed by atoms with van der Waals surface area (Å²) in [5, 5.41) is 0. The van der Waals surface area contributed by atoms with Crippen molar-refractivity contribution < 1.29 is 4.74 Å². The molecule has 0 bridgehead atoms. The second kappa shape index (κ2) is 9.75. The molecule has 2 radical (unpaired) electrons. The molecule has 0 spiro atoms. The van der Waals surface area contributed by atoms with Gasteiger partial charge in [-0.05, 0) is 33.2 Å². The third kappa shape index (κ3) is 14.8. The Morgan fingerprint density at radius 1 is 1.06 bits per heavy atom. The lowest BCUT2D eigenvalue weighted by molar-refractivity contribution is -0.00471. The molecular weight excluding hydrogens is 259 g/mol. The first kappa shape index (κ1) is 16.8. The Morgan fingerprint density at radius 3 is 2.25 bits per heavy atom. The molecule has 96 valence electrons. The second-order valence-corrected chi connectivity index (χ2v) is 7.66. The van der Waals surface area contributed by atoms with Crippen LogP contribution in [-0.4, -0.2) is 26.6 Å². The van der Waals surface area contributed by atoms with E-state index >= 15 is 0 Å². The molecule has 0 amide bonds. The molecule has 0 aliphatic rings. The summed E-state index contributed by atoms with van der Waals surface area (Å²) in [6.45, 7) is 7.19. The van der Waals surface area contributed by atoms with E-state index in [0.29, 0.717) is 0 Å². The van der Waals surface area contributed by atoms with Crippen LogP contribution in [0, 0.1) is 0 Å². The Balaban J connectivity index is 3.05. The van der Waals surface area contributed by atoms with Gasteiger partial charge in [0, 0.05) is 16.1 Å². The Labute approximate surface area is 113 Å². The van der Waals surface area contributed by atoms with Gasteiger partial charge in [-0.2, -0.15) is 0 Å². The molecule has 0 aliphatic heterocycles. The number of halogens is 2. The van der Waals surface area contributed by atoms with Crippen molar-refractivity contribution >= 4 is 32.7 Å². The fraction of sp³-hybridized carbons (Fsp3) is 1.00. The summed E-state index contributed by atoms with van der Waals surface area (Å²) in [7, 11) is 0.921. The molecule has 0 atom stereocenters. The average molecular weight is 283 g/mol. The zero-order valence-corrected chi connectivity index (χ0v) is 13.2. The largest absolute Gasteiger partial charge is 0.376 e. The predicted molar refractivity (Wildman–Crippen MR) is 75.0 cm³/mol. The average Bonchev–Trinajstić information content (AvgIpc) is 2.13. The lowest BCUT2D eigenvalue weighted by Gasteiger charge is -2.19. The molecule has 0 saturated carbocycles. The van der Waals surface area contributed by atoms with E-state index < -0.39 is 0 Å². The van der Waals surface area contributed by atoms with Crippen LogP contribution in [0.5, 0.6) is 0 Å². The highest BCUT2D eigenvalue weighted by Gasteiger charge is 2.08. The number of hydrogen-bond donors (Lipinski definition) is 0. The van der Waals surface area contributed by atoms with E-state index in [9.17, 15) is 0 Å². The van der Waals surface area contributed by atoms with E-state index in [0.717, 1.165) is 22.2 Å². The van der Waals surface area contributed by atoms with Crippen molar-refractivity contribution in [3.05, 3.63) is 0 Å². The molecule has 0 saturated heterocycles. The van der Waals surface area contributed by atoms with Gasteiger partial charge >= 0.3 is 0 Å². The van der Waals surface area contributed by atoms with Crippen molar-refractivity contribution in [2.24, 2.45) is 0 Å². The highest BCUT2D eigenvalue weighted by Crippen LogP contribution is 2.11. The molecule has 16 heavy (non-hydrogen) atoms. The van der Waals surface area contributed by atoms with Crippen molar-refractivity contribution in [3.8, 4) is 0 Å². The highest BCUT2D eigenvalue weighted by atomic mass is 35.5. The van der Waals surface area contributed by atoms with Gasteiger partial charge in [0.05, 0.1) is 5.60 Å². The summed E-state index contributed by atoms with van der Waals surface area (Å²) in [4.78, 5) is -0.168. The smallest absolute Gasteiger partial charge is 0.105 e. The van der Waals surface area contributed by atoms with Crippen LogP contribution in [0.2, 0.25) is 12.1 Å². The summed E-state index contributed by atoms with van der Waals surface area (Å²) in [6, 6.07) is 2.23. The number of hydrogen-bond acceptors (Lipinski definition) is 1. The third-order valence-corrected chi connectivity index (χ3v) is 4.31. The fourth-order valence-electron chi connectivity index (χ4n) is 1.30. The van der Waals surface area contributed by atoms with Gasteiger partial charge in [0.15, 0.2) is 0 Å². The maximum Gasteiger partial charge on any atom is 0.105 e. The first-order chi connectivity index (χ1) is 7.42. The Bertz CT molecular complexity index is 158. The van der Waals surface area contributed by atoms with Crippen LogP contribution in [0.1, 0.15) is 46.5 Å². The molecule has 0 rings (SSSR count). The zero-order valence-electron chi connectivity index (χ0n) is 10.7. The SMILES string of the molecule is CC(C)(C)OCCCCCC[Si]CC(Cl)Cl. The third-order valence-electron chi connectivity index (χ3n) is 2.08. The van der Waals surface area contributed by atoms with Crippen molar-refractivity contribution in [1.29, 1.82) is 0 Å². The molecular formula is C12H24Cl2OSi. The number of alkyl halides is 2. The van der Waals surface area contributed by atoms with Crippen molar-refractivity contribution in [2.75, 3.05) is 6.61 Å². The van der Waals surface area contributed by atoms with Crippen LogP contribution < -0.4 is 0 Å². The lowest BCUT2D eigenvalue weighted by Crippen LogP contribution is -2.19. The first-order valence-electron chi connectivity index (χ1n) is 6.04. The van der Waals surface area contributed by atoms with Gasteiger partial charge in [0.2, 0.25) is 0 Å². The zero-order chi connectivity index (χ0) is 12.4. The Kier molecular flexibility index (Phi) is 10.2. The number of rotatable bonds is 9. The van der Waals surface area contributed by atoms with Crippen molar-refractivity contribution in [1.82, 2.24) is 0 Å². The lowest BCUT2D eigenvalue weighted by atomic mass is 10.2. The standard InChI is InChI=1S/C12H24Cl2OSi/c1-12(2,3)15-8-6-4-5-7-9-16-10-11(13)14/h11H,4-10H2,1-3H3. The summed E-state index contributed by atoms with van der Waals surface area (Å²) in [5.41, 5.74) is 0.0110. The highest BCUT2D eigenvalue weighted by molar-refractivity contribution is 6.49. The molecule has 0 unspecified atom stereocenters. The minimum Gasteiger partial charge on any atom is -0.376 e. The number of ether oxygens (including phenoxy) is 1. The summed E-state index contributed by atoms with van der Waals surface area (Å²) < 4.78 is 5.66. The summed E-state index contributed by atoms with van der Waals surface area (Å²) >= 11 is 11.3. The maximum atomic E-state index is 5.66. The van der Waals surface area contributed by atoms with Gasteiger partial charge in [-0.1, -0.05) is 25.3 Å². The van der Waals surface area contributed by atoms with E-state index in [1.165, 1.54) is 31.7 Å². The van der Waals surface area contributed by atoms with Gasteiger partial charge in [-0.25, -0.2) is 0 Å². The Hall–Kier alpha value is 0.757. The van der Waals surface area contributed by atoms with Crippen LogP contribution in [-0.2, 0) is 4.74 Å². The van der Waals surface area contributed by atoms with Crippen LogP contribution in [0.4, 0.5) is 0 Å². The molecule has 0 aromatic rings. The molecule has 0 aromatic heterocycles. The van der Waals surface area contributed by atoms with E-state index in [1.54, 1.807) is 0 Å². The topological polar surface area (TPSA) is 9.23 Å². The minimum atomic E-state index is -0.168. The number of unbranched alkanes of at least 4 members (excludes halogenated alkanes) is 3.